The van der Waals surface area contributed by atoms with Crippen molar-refractivity contribution < 1.29 is 14.3 Å². The molecule has 0 bridgehead atoms. The van der Waals surface area contributed by atoms with Crippen molar-refractivity contribution in [3.05, 3.63) is 65.3 Å². The highest BCUT2D eigenvalue weighted by Crippen LogP contribution is 2.28. The number of rotatable bonds is 11. The van der Waals surface area contributed by atoms with Gasteiger partial charge in [-0.2, -0.15) is 0 Å². The first-order valence-electron chi connectivity index (χ1n) is 10.9. The molecule has 1 amide bonds. The van der Waals surface area contributed by atoms with Crippen LogP contribution in [-0.4, -0.2) is 35.0 Å². The van der Waals surface area contributed by atoms with Crippen LogP contribution >= 0.6 is 11.3 Å². The van der Waals surface area contributed by atoms with Gasteiger partial charge in [-0.05, 0) is 25.0 Å². The number of amides is 1. The third-order valence-electron chi connectivity index (χ3n) is 5.01. The summed E-state index contributed by atoms with van der Waals surface area (Å²) < 4.78 is 5.28. The highest BCUT2D eigenvalue weighted by Gasteiger charge is 2.21. The summed E-state index contributed by atoms with van der Waals surface area (Å²) in [6.45, 7) is 4.29. The minimum atomic E-state index is -0.445. The van der Waals surface area contributed by atoms with Crippen molar-refractivity contribution in [3.63, 3.8) is 0 Å². The third-order valence-corrected chi connectivity index (χ3v) is 5.87. The molecular formula is C25H29N3O3S. The monoisotopic (exact) mass is 451 g/mol. The van der Waals surface area contributed by atoms with E-state index in [2.05, 4.69) is 16.9 Å². The zero-order valence-electron chi connectivity index (χ0n) is 18.6. The van der Waals surface area contributed by atoms with Gasteiger partial charge in [-0.25, -0.2) is 4.98 Å². The second-order valence-electron chi connectivity index (χ2n) is 7.63. The quantitative estimate of drug-likeness (QED) is 0.295. The number of unbranched alkanes of at least 4 members (excludes halogenated alkanes) is 3. The molecule has 0 atom stereocenters. The van der Waals surface area contributed by atoms with Gasteiger partial charge in [-0.15, -0.1) is 11.3 Å². The van der Waals surface area contributed by atoms with Crippen molar-refractivity contribution in [2.75, 3.05) is 18.1 Å². The second-order valence-corrected chi connectivity index (χ2v) is 8.47. The minimum absolute atomic E-state index is 0.0897. The van der Waals surface area contributed by atoms with Gasteiger partial charge in [-0.1, -0.05) is 62.6 Å². The number of esters is 1. The number of anilines is 1. The molecule has 2 aromatic heterocycles. The predicted molar refractivity (Wildman–Crippen MR) is 128 cm³/mol. The van der Waals surface area contributed by atoms with Crippen molar-refractivity contribution in [2.45, 2.75) is 46.0 Å². The van der Waals surface area contributed by atoms with Crippen molar-refractivity contribution in [1.29, 1.82) is 0 Å². The molecule has 0 radical (unpaired) electrons. The van der Waals surface area contributed by atoms with Crippen LogP contribution in [0.5, 0.6) is 0 Å². The Morgan fingerprint density at radius 3 is 2.59 bits per heavy atom. The summed E-state index contributed by atoms with van der Waals surface area (Å²) in [4.78, 5) is 35.7. The zero-order chi connectivity index (χ0) is 22.8. The van der Waals surface area contributed by atoms with E-state index in [4.69, 9.17) is 4.74 Å². The number of hydrogen-bond acceptors (Lipinski definition) is 6. The first kappa shape index (κ1) is 23.6. The molecule has 6 nitrogen and oxygen atoms in total. The van der Waals surface area contributed by atoms with E-state index in [1.165, 1.54) is 11.3 Å². The molecule has 1 aromatic carbocycles. The maximum Gasteiger partial charge on any atom is 0.310 e. The molecule has 0 spiro atoms. The number of carbonyl (C=O) groups is 2. The van der Waals surface area contributed by atoms with E-state index in [0.717, 1.165) is 48.2 Å². The summed E-state index contributed by atoms with van der Waals surface area (Å²) in [5.41, 5.74) is 3.48. The van der Waals surface area contributed by atoms with Gasteiger partial charge in [-0.3, -0.25) is 19.5 Å². The number of hydrogen-bond donors (Lipinski definition) is 0. The lowest BCUT2D eigenvalue weighted by Gasteiger charge is -2.20. The average molecular weight is 452 g/mol. The lowest BCUT2D eigenvalue weighted by molar-refractivity contribution is -0.147. The van der Waals surface area contributed by atoms with Crippen LogP contribution in [0, 0.1) is 6.92 Å². The molecule has 0 aliphatic carbocycles. The zero-order valence-corrected chi connectivity index (χ0v) is 19.4. The maximum absolute atomic E-state index is 13.0. The van der Waals surface area contributed by atoms with Crippen LogP contribution in [0.3, 0.4) is 0 Å². The van der Waals surface area contributed by atoms with E-state index in [1.54, 1.807) is 11.1 Å². The molecule has 3 rings (SSSR count). The van der Waals surface area contributed by atoms with Gasteiger partial charge in [0, 0.05) is 29.4 Å². The number of nitrogens with zero attached hydrogens (tertiary/aromatic N) is 3. The predicted octanol–water partition coefficient (Wildman–Crippen LogP) is 5.21. The molecule has 0 unspecified atom stereocenters. The smallest absolute Gasteiger partial charge is 0.310 e. The number of carbonyl (C=O) groups excluding carboxylic acids is 2. The molecule has 3 aromatic rings. The number of pyridine rings is 1. The molecule has 32 heavy (non-hydrogen) atoms. The molecule has 0 aliphatic rings. The van der Waals surface area contributed by atoms with Crippen molar-refractivity contribution in [2.24, 2.45) is 0 Å². The Morgan fingerprint density at radius 2 is 1.88 bits per heavy atom. The molecule has 0 N–H and O–H groups in total. The lowest BCUT2D eigenvalue weighted by Crippen LogP contribution is -2.35. The van der Waals surface area contributed by atoms with E-state index in [-0.39, 0.29) is 18.9 Å². The summed E-state index contributed by atoms with van der Waals surface area (Å²) in [6, 6.07) is 13.6. The van der Waals surface area contributed by atoms with Crippen LogP contribution in [0.25, 0.3) is 11.3 Å². The van der Waals surface area contributed by atoms with E-state index in [1.807, 2.05) is 54.8 Å². The molecule has 7 heteroatoms. The number of thiazole rings is 1. The Labute approximate surface area is 193 Å². The number of aryl methyl sites for hydroxylation is 1. The second kappa shape index (κ2) is 12.1. The van der Waals surface area contributed by atoms with Crippen molar-refractivity contribution in [3.8, 4) is 11.3 Å². The minimum Gasteiger partial charge on any atom is -0.455 e. The lowest BCUT2D eigenvalue weighted by atomic mass is 10.2. The van der Waals surface area contributed by atoms with Gasteiger partial charge in [0.2, 0.25) is 0 Å². The van der Waals surface area contributed by atoms with Crippen LogP contribution in [0.1, 0.15) is 43.9 Å². The van der Waals surface area contributed by atoms with E-state index in [9.17, 15) is 9.59 Å². The van der Waals surface area contributed by atoms with Gasteiger partial charge in [0.1, 0.15) is 0 Å². The van der Waals surface area contributed by atoms with Crippen LogP contribution in [0.15, 0.2) is 54.0 Å². The Hall–Kier alpha value is -3.06. The fourth-order valence-corrected chi connectivity index (χ4v) is 4.07. The van der Waals surface area contributed by atoms with Gasteiger partial charge in [0.05, 0.1) is 12.1 Å². The summed E-state index contributed by atoms with van der Waals surface area (Å²) in [5, 5.41) is 2.58. The number of ether oxygens (including phenoxy) is 1. The van der Waals surface area contributed by atoms with Gasteiger partial charge >= 0.3 is 5.97 Å². The summed E-state index contributed by atoms with van der Waals surface area (Å²) in [6.07, 6.45) is 5.90. The van der Waals surface area contributed by atoms with E-state index < -0.39 is 5.97 Å². The maximum atomic E-state index is 13.0. The molecule has 2 heterocycles. The van der Waals surface area contributed by atoms with E-state index >= 15 is 0 Å². The van der Waals surface area contributed by atoms with Crippen molar-refractivity contribution >= 4 is 28.3 Å². The van der Waals surface area contributed by atoms with Crippen LogP contribution < -0.4 is 4.90 Å². The topological polar surface area (TPSA) is 72.4 Å². The Bertz CT molecular complexity index is 1000. The molecule has 0 aliphatic heterocycles. The first-order chi connectivity index (χ1) is 15.6. The largest absolute Gasteiger partial charge is 0.455 e. The standard InChI is InChI=1S/C25H29N3O3S/c1-3-4-5-9-14-28(25-27-22(18-32-25)21-10-7-6-8-11-21)23(29)17-31-24(30)15-20-13-12-19(2)26-16-20/h6-8,10-13,16,18H,3-5,9,14-15,17H2,1-2H3. The normalized spacial score (nSPS) is 10.7. The fourth-order valence-electron chi connectivity index (χ4n) is 3.19. The van der Waals surface area contributed by atoms with Crippen LogP contribution in [-0.2, 0) is 20.7 Å². The molecule has 0 saturated carbocycles. The summed E-state index contributed by atoms with van der Waals surface area (Å²) in [5.74, 6) is -0.704. The van der Waals surface area contributed by atoms with Crippen LogP contribution in [0.4, 0.5) is 5.13 Å². The van der Waals surface area contributed by atoms with E-state index in [0.29, 0.717) is 11.7 Å². The van der Waals surface area contributed by atoms with Crippen LogP contribution in [0.2, 0.25) is 0 Å². The highest BCUT2D eigenvalue weighted by molar-refractivity contribution is 7.14. The van der Waals surface area contributed by atoms with Crippen molar-refractivity contribution in [1.82, 2.24) is 9.97 Å². The third kappa shape index (κ3) is 6.99. The Kier molecular flexibility index (Phi) is 8.92. The molecule has 0 fully saturated rings. The highest BCUT2D eigenvalue weighted by atomic mass is 32.1. The first-order valence-corrected chi connectivity index (χ1v) is 11.8. The Balaban J connectivity index is 1.63. The molecular weight excluding hydrogens is 422 g/mol. The number of benzene rings is 1. The average Bonchev–Trinajstić information content (AvgIpc) is 3.29. The van der Waals surface area contributed by atoms with Gasteiger partial charge in [0.15, 0.2) is 11.7 Å². The summed E-state index contributed by atoms with van der Waals surface area (Å²) >= 11 is 1.43. The van der Waals surface area contributed by atoms with Gasteiger partial charge < -0.3 is 4.74 Å². The number of aromatic nitrogens is 2. The fraction of sp³-hybridized carbons (Fsp3) is 0.360. The molecule has 168 valence electrons. The summed E-state index contributed by atoms with van der Waals surface area (Å²) in [7, 11) is 0. The molecule has 0 saturated heterocycles. The SMILES string of the molecule is CCCCCCN(C(=O)COC(=O)Cc1ccc(C)nc1)c1nc(-c2ccccc2)cs1. The van der Waals surface area contributed by atoms with Gasteiger partial charge in [0.25, 0.3) is 5.91 Å². The Morgan fingerprint density at radius 1 is 1.06 bits per heavy atom.